The molecule has 0 aliphatic rings. The maximum absolute atomic E-state index is 12.0. The van der Waals surface area contributed by atoms with Crippen molar-refractivity contribution < 1.29 is 14.3 Å². The standard InChI is InChI=1S/C13H13NO3/c1-14(8-10-5-6-17-9-10)13(16)11-3-2-4-12(15)7-11/h2-7,9,15H,8H2,1H3. The van der Waals surface area contributed by atoms with Crippen LogP contribution >= 0.6 is 0 Å². The lowest BCUT2D eigenvalue weighted by atomic mass is 10.2. The first-order valence-corrected chi connectivity index (χ1v) is 5.22. The Kier molecular flexibility index (Phi) is 3.14. The fraction of sp³-hybridized carbons (Fsp3) is 0.154. The van der Waals surface area contributed by atoms with Gasteiger partial charge in [0, 0.05) is 24.7 Å². The van der Waals surface area contributed by atoms with Crippen molar-refractivity contribution in [3.8, 4) is 5.75 Å². The summed E-state index contributed by atoms with van der Waals surface area (Å²) in [5, 5.41) is 9.31. The summed E-state index contributed by atoms with van der Waals surface area (Å²) in [6, 6.07) is 8.12. The predicted molar refractivity (Wildman–Crippen MR) is 62.6 cm³/mol. The monoisotopic (exact) mass is 231 g/mol. The summed E-state index contributed by atoms with van der Waals surface area (Å²) >= 11 is 0. The van der Waals surface area contributed by atoms with Gasteiger partial charge in [-0.3, -0.25) is 4.79 Å². The number of benzene rings is 1. The summed E-state index contributed by atoms with van der Waals surface area (Å²) in [6.07, 6.45) is 3.17. The van der Waals surface area contributed by atoms with Crippen molar-refractivity contribution in [3.63, 3.8) is 0 Å². The lowest BCUT2D eigenvalue weighted by Gasteiger charge is -2.16. The van der Waals surface area contributed by atoms with Crippen molar-refractivity contribution in [2.75, 3.05) is 7.05 Å². The van der Waals surface area contributed by atoms with Gasteiger partial charge >= 0.3 is 0 Å². The Morgan fingerprint density at radius 2 is 2.24 bits per heavy atom. The van der Waals surface area contributed by atoms with Crippen LogP contribution in [0.5, 0.6) is 5.75 Å². The van der Waals surface area contributed by atoms with Crippen molar-refractivity contribution in [3.05, 3.63) is 54.0 Å². The Hall–Kier alpha value is -2.23. The fourth-order valence-corrected chi connectivity index (χ4v) is 1.59. The van der Waals surface area contributed by atoms with E-state index in [1.807, 2.05) is 6.07 Å². The molecule has 0 saturated heterocycles. The number of hydrogen-bond donors (Lipinski definition) is 1. The Balaban J connectivity index is 2.09. The molecule has 2 aromatic rings. The smallest absolute Gasteiger partial charge is 0.254 e. The van der Waals surface area contributed by atoms with Gasteiger partial charge in [0.05, 0.1) is 12.5 Å². The van der Waals surface area contributed by atoms with Crippen LogP contribution in [0.3, 0.4) is 0 Å². The van der Waals surface area contributed by atoms with E-state index in [1.165, 1.54) is 12.1 Å². The molecule has 0 fully saturated rings. The number of rotatable bonds is 3. The van der Waals surface area contributed by atoms with Gasteiger partial charge in [0.2, 0.25) is 0 Å². The molecule has 88 valence electrons. The van der Waals surface area contributed by atoms with E-state index < -0.39 is 0 Å². The minimum atomic E-state index is -0.137. The van der Waals surface area contributed by atoms with Crippen LogP contribution in [0.15, 0.2) is 47.3 Å². The summed E-state index contributed by atoms with van der Waals surface area (Å²) in [4.78, 5) is 13.6. The van der Waals surface area contributed by atoms with Crippen molar-refractivity contribution in [1.82, 2.24) is 4.90 Å². The maximum Gasteiger partial charge on any atom is 0.254 e. The van der Waals surface area contributed by atoms with E-state index in [0.29, 0.717) is 12.1 Å². The third-order valence-electron chi connectivity index (χ3n) is 2.44. The minimum Gasteiger partial charge on any atom is -0.508 e. The van der Waals surface area contributed by atoms with Gasteiger partial charge in [-0.05, 0) is 24.3 Å². The number of nitrogens with zero attached hydrogens (tertiary/aromatic N) is 1. The molecule has 0 atom stereocenters. The molecule has 4 heteroatoms. The number of furan rings is 1. The van der Waals surface area contributed by atoms with Crippen LogP contribution in [0.1, 0.15) is 15.9 Å². The molecule has 0 unspecified atom stereocenters. The number of phenols is 1. The summed E-state index contributed by atoms with van der Waals surface area (Å²) in [7, 11) is 1.71. The quantitative estimate of drug-likeness (QED) is 0.881. The number of hydrogen-bond acceptors (Lipinski definition) is 3. The Labute approximate surface area is 99.1 Å². The second-order valence-corrected chi connectivity index (χ2v) is 3.84. The molecule has 1 aromatic heterocycles. The minimum absolute atomic E-state index is 0.0903. The van der Waals surface area contributed by atoms with Crippen molar-refractivity contribution in [2.45, 2.75) is 6.54 Å². The number of carbonyl (C=O) groups excluding carboxylic acids is 1. The molecule has 1 N–H and O–H groups in total. The molecule has 0 saturated carbocycles. The Morgan fingerprint density at radius 3 is 2.88 bits per heavy atom. The molecule has 0 radical (unpaired) electrons. The van der Waals surface area contributed by atoms with E-state index in [4.69, 9.17) is 4.42 Å². The Bertz CT molecular complexity index is 505. The van der Waals surface area contributed by atoms with E-state index in [2.05, 4.69) is 0 Å². The zero-order chi connectivity index (χ0) is 12.3. The van der Waals surface area contributed by atoms with Gasteiger partial charge in [0.1, 0.15) is 5.75 Å². The topological polar surface area (TPSA) is 53.7 Å². The molecule has 0 aliphatic carbocycles. The fourth-order valence-electron chi connectivity index (χ4n) is 1.59. The summed E-state index contributed by atoms with van der Waals surface area (Å²) in [5.41, 5.74) is 1.40. The lowest BCUT2D eigenvalue weighted by Crippen LogP contribution is -2.25. The predicted octanol–water partition coefficient (Wildman–Crippen LogP) is 2.26. The van der Waals surface area contributed by atoms with Crippen molar-refractivity contribution in [1.29, 1.82) is 0 Å². The molecule has 0 bridgehead atoms. The Morgan fingerprint density at radius 1 is 1.41 bits per heavy atom. The van der Waals surface area contributed by atoms with Gasteiger partial charge in [-0.1, -0.05) is 6.07 Å². The number of aromatic hydroxyl groups is 1. The summed E-state index contributed by atoms with van der Waals surface area (Å²) in [6.45, 7) is 0.477. The molecule has 1 amide bonds. The van der Waals surface area contributed by atoms with E-state index in [0.717, 1.165) is 5.56 Å². The molecule has 2 rings (SSSR count). The van der Waals surface area contributed by atoms with Crippen molar-refractivity contribution in [2.24, 2.45) is 0 Å². The highest BCUT2D eigenvalue weighted by Crippen LogP contribution is 2.14. The first kappa shape index (κ1) is 11.3. The second kappa shape index (κ2) is 4.74. The third kappa shape index (κ3) is 2.66. The maximum atomic E-state index is 12.0. The zero-order valence-corrected chi connectivity index (χ0v) is 9.46. The summed E-state index contributed by atoms with van der Waals surface area (Å²) in [5.74, 6) is -0.0466. The van der Waals surface area contributed by atoms with Crippen LogP contribution in [0.2, 0.25) is 0 Å². The third-order valence-corrected chi connectivity index (χ3v) is 2.44. The van der Waals surface area contributed by atoms with E-state index in [-0.39, 0.29) is 11.7 Å². The molecule has 1 heterocycles. The lowest BCUT2D eigenvalue weighted by molar-refractivity contribution is 0.0784. The normalized spacial score (nSPS) is 10.2. The van der Waals surface area contributed by atoms with Crippen LogP contribution in [0.4, 0.5) is 0 Å². The molecular weight excluding hydrogens is 218 g/mol. The number of amides is 1. The van der Waals surface area contributed by atoms with Crippen LogP contribution in [-0.2, 0) is 6.54 Å². The molecule has 1 aromatic carbocycles. The van der Waals surface area contributed by atoms with Crippen LogP contribution < -0.4 is 0 Å². The SMILES string of the molecule is CN(Cc1ccoc1)C(=O)c1cccc(O)c1. The molecule has 17 heavy (non-hydrogen) atoms. The first-order chi connectivity index (χ1) is 8.16. The van der Waals surface area contributed by atoms with Crippen LogP contribution in [-0.4, -0.2) is 23.0 Å². The van der Waals surface area contributed by atoms with E-state index in [1.54, 1.807) is 36.6 Å². The van der Waals surface area contributed by atoms with Crippen molar-refractivity contribution >= 4 is 5.91 Å². The highest BCUT2D eigenvalue weighted by Gasteiger charge is 2.12. The molecule has 0 spiro atoms. The molecule has 4 nitrogen and oxygen atoms in total. The zero-order valence-electron chi connectivity index (χ0n) is 9.46. The number of phenolic OH excluding ortho intramolecular Hbond substituents is 1. The number of carbonyl (C=O) groups is 1. The molecular formula is C13H13NO3. The molecule has 0 aliphatic heterocycles. The average Bonchev–Trinajstić information content (AvgIpc) is 2.80. The van der Waals surface area contributed by atoms with Gasteiger partial charge in [0.25, 0.3) is 5.91 Å². The van der Waals surface area contributed by atoms with Gasteiger partial charge in [0.15, 0.2) is 0 Å². The first-order valence-electron chi connectivity index (χ1n) is 5.22. The van der Waals surface area contributed by atoms with Gasteiger partial charge in [-0.15, -0.1) is 0 Å². The summed E-state index contributed by atoms with van der Waals surface area (Å²) < 4.78 is 4.94. The highest BCUT2D eigenvalue weighted by atomic mass is 16.3. The van der Waals surface area contributed by atoms with Gasteiger partial charge in [-0.2, -0.15) is 0 Å². The van der Waals surface area contributed by atoms with Gasteiger partial charge in [-0.25, -0.2) is 0 Å². The van der Waals surface area contributed by atoms with Crippen LogP contribution in [0.25, 0.3) is 0 Å². The average molecular weight is 231 g/mol. The van der Waals surface area contributed by atoms with Crippen LogP contribution in [0, 0.1) is 0 Å². The second-order valence-electron chi connectivity index (χ2n) is 3.84. The van der Waals surface area contributed by atoms with E-state index >= 15 is 0 Å². The van der Waals surface area contributed by atoms with Gasteiger partial charge < -0.3 is 14.4 Å². The highest BCUT2D eigenvalue weighted by molar-refractivity contribution is 5.94. The largest absolute Gasteiger partial charge is 0.508 e. The van der Waals surface area contributed by atoms with E-state index in [9.17, 15) is 9.90 Å².